The summed E-state index contributed by atoms with van der Waals surface area (Å²) in [7, 11) is 3.24. The number of carboxylic acid groups (broad SMARTS) is 1. The molecule has 1 saturated heterocycles. The van der Waals surface area contributed by atoms with Crippen LogP contribution in [0.15, 0.2) is 36.7 Å². The lowest BCUT2D eigenvalue weighted by Gasteiger charge is -2.30. The molecule has 0 spiro atoms. The number of aromatic nitrogens is 2. The first-order chi connectivity index (χ1) is 18.5. The van der Waals surface area contributed by atoms with Gasteiger partial charge in [0.15, 0.2) is 11.5 Å². The Bertz CT molecular complexity index is 1230. The fraction of sp³-hybridized carbons (Fsp3) is 0.444. The lowest BCUT2D eigenvalue weighted by molar-refractivity contribution is 0.0891. The Hall–Kier alpha value is -3.83. The van der Waals surface area contributed by atoms with E-state index in [1.54, 1.807) is 14.2 Å². The van der Waals surface area contributed by atoms with Crippen LogP contribution in [0.5, 0.6) is 17.2 Å². The lowest BCUT2D eigenvalue weighted by Crippen LogP contribution is -2.41. The van der Waals surface area contributed by atoms with Crippen LogP contribution in [0.1, 0.15) is 18.4 Å². The molecule has 4 rings (SSSR count). The van der Waals surface area contributed by atoms with Gasteiger partial charge < -0.3 is 39.0 Å². The second-order valence-corrected chi connectivity index (χ2v) is 8.91. The first-order valence-corrected chi connectivity index (χ1v) is 12.5. The number of piperidine rings is 1. The number of benzene rings is 2. The van der Waals surface area contributed by atoms with Gasteiger partial charge in [-0.3, -0.25) is 0 Å². The molecule has 3 aromatic rings. The maximum Gasteiger partial charge on any atom is 0.407 e. The molecule has 2 aromatic carbocycles. The third-order valence-corrected chi connectivity index (χ3v) is 6.23. The standard InChI is InChI=1S/C27H34N4O7/c1-18-14-19(4-5-23(18)38-20-6-8-31(9-7-20)27(32)33)30-26-21-15-24(36-12-10-34-2)25(37-13-11-35-3)16-22(21)28-17-29-26/h4-5,14-17,20H,6-13H2,1-3H3,(H,32,33)(H,28,29,30). The number of anilines is 2. The van der Waals surface area contributed by atoms with Crippen molar-refractivity contribution >= 4 is 28.5 Å². The Balaban J connectivity index is 1.50. The highest BCUT2D eigenvalue weighted by molar-refractivity contribution is 5.93. The number of aryl methyl sites for hydroxylation is 1. The molecule has 2 heterocycles. The van der Waals surface area contributed by atoms with Gasteiger partial charge in [-0.05, 0) is 36.8 Å². The summed E-state index contributed by atoms with van der Waals surface area (Å²) in [6, 6.07) is 9.54. The summed E-state index contributed by atoms with van der Waals surface area (Å²) >= 11 is 0. The van der Waals surface area contributed by atoms with Crippen LogP contribution in [0.25, 0.3) is 10.9 Å². The molecule has 1 aliphatic rings. The molecular formula is C27H34N4O7. The predicted molar refractivity (Wildman–Crippen MR) is 142 cm³/mol. The zero-order chi connectivity index (χ0) is 26.9. The lowest BCUT2D eigenvalue weighted by atomic mass is 10.1. The average Bonchev–Trinajstić information content (AvgIpc) is 2.91. The second kappa shape index (κ2) is 13.1. The summed E-state index contributed by atoms with van der Waals surface area (Å²) < 4.78 is 28.2. The number of nitrogens with zero attached hydrogens (tertiary/aromatic N) is 3. The Morgan fingerprint density at radius 3 is 2.29 bits per heavy atom. The predicted octanol–water partition coefficient (Wildman–Crippen LogP) is 4.25. The van der Waals surface area contributed by atoms with Crippen molar-refractivity contribution in [3.8, 4) is 17.2 Å². The van der Waals surface area contributed by atoms with Gasteiger partial charge in [0.05, 0.1) is 18.7 Å². The number of rotatable bonds is 12. The van der Waals surface area contributed by atoms with Crippen LogP contribution in [0.3, 0.4) is 0 Å². The van der Waals surface area contributed by atoms with Crippen molar-refractivity contribution in [2.24, 2.45) is 0 Å². The number of nitrogens with one attached hydrogen (secondary N) is 1. The van der Waals surface area contributed by atoms with Gasteiger partial charge in [-0.25, -0.2) is 14.8 Å². The zero-order valence-electron chi connectivity index (χ0n) is 21.9. The van der Waals surface area contributed by atoms with Crippen molar-refractivity contribution in [1.29, 1.82) is 0 Å². The monoisotopic (exact) mass is 526 g/mol. The molecule has 11 heteroatoms. The number of fused-ring (bicyclic) bond motifs is 1. The molecule has 0 aliphatic carbocycles. The van der Waals surface area contributed by atoms with Gasteiger partial charge >= 0.3 is 6.09 Å². The third kappa shape index (κ3) is 6.93. The van der Waals surface area contributed by atoms with Crippen LogP contribution in [0.2, 0.25) is 0 Å². The minimum absolute atomic E-state index is 0.00856. The molecule has 0 unspecified atom stereocenters. The van der Waals surface area contributed by atoms with Crippen LogP contribution >= 0.6 is 0 Å². The van der Waals surface area contributed by atoms with E-state index in [9.17, 15) is 4.79 Å². The van der Waals surface area contributed by atoms with Crippen molar-refractivity contribution < 1.29 is 33.6 Å². The summed E-state index contributed by atoms with van der Waals surface area (Å²) in [5, 5.41) is 13.3. The fourth-order valence-corrected chi connectivity index (χ4v) is 4.20. The van der Waals surface area contributed by atoms with E-state index in [-0.39, 0.29) is 6.10 Å². The number of hydrogen-bond acceptors (Lipinski definition) is 9. The van der Waals surface area contributed by atoms with Crippen LogP contribution < -0.4 is 19.5 Å². The summed E-state index contributed by atoms with van der Waals surface area (Å²) in [4.78, 5) is 21.4. The number of ether oxygens (including phenoxy) is 5. The van der Waals surface area contributed by atoms with Gasteiger partial charge in [-0.15, -0.1) is 0 Å². The molecule has 204 valence electrons. The molecule has 2 N–H and O–H groups in total. The highest BCUT2D eigenvalue weighted by Gasteiger charge is 2.24. The van der Waals surface area contributed by atoms with Crippen molar-refractivity contribution in [1.82, 2.24) is 14.9 Å². The van der Waals surface area contributed by atoms with Crippen molar-refractivity contribution in [3.63, 3.8) is 0 Å². The zero-order valence-corrected chi connectivity index (χ0v) is 21.9. The van der Waals surface area contributed by atoms with Gasteiger partial charge in [0.1, 0.15) is 37.2 Å². The Morgan fingerprint density at radius 1 is 0.974 bits per heavy atom. The highest BCUT2D eigenvalue weighted by atomic mass is 16.5. The molecule has 38 heavy (non-hydrogen) atoms. The summed E-state index contributed by atoms with van der Waals surface area (Å²) in [6.45, 7) is 4.59. The van der Waals surface area contributed by atoms with E-state index in [2.05, 4.69) is 15.3 Å². The molecule has 1 fully saturated rings. The maximum absolute atomic E-state index is 11.1. The quantitative estimate of drug-likeness (QED) is 0.331. The Kier molecular flexibility index (Phi) is 9.39. The smallest absolute Gasteiger partial charge is 0.407 e. The van der Waals surface area contributed by atoms with Crippen LogP contribution in [-0.4, -0.2) is 85.9 Å². The first-order valence-electron chi connectivity index (χ1n) is 12.5. The highest BCUT2D eigenvalue weighted by Crippen LogP contribution is 2.35. The molecule has 1 aromatic heterocycles. The molecule has 11 nitrogen and oxygen atoms in total. The first kappa shape index (κ1) is 27.2. The number of carbonyl (C=O) groups is 1. The number of likely N-dealkylation sites (tertiary alicyclic amines) is 1. The summed E-state index contributed by atoms with van der Waals surface area (Å²) in [6.07, 6.45) is 1.96. The Labute approximate surface area is 221 Å². The van der Waals surface area contributed by atoms with E-state index < -0.39 is 6.09 Å². The van der Waals surface area contributed by atoms with E-state index in [1.807, 2.05) is 37.3 Å². The van der Waals surface area contributed by atoms with Gasteiger partial charge in [0.2, 0.25) is 0 Å². The van der Waals surface area contributed by atoms with Gasteiger partial charge in [0, 0.05) is 57.3 Å². The normalized spacial score (nSPS) is 13.9. The number of amides is 1. The van der Waals surface area contributed by atoms with E-state index in [0.29, 0.717) is 75.2 Å². The van der Waals surface area contributed by atoms with Crippen molar-refractivity contribution in [2.45, 2.75) is 25.9 Å². The second-order valence-electron chi connectivity index (χ2n) is 8.91. The third-order valence-electron chi connectivity index (χ3n) is 6.23. The van der Waals surface area contributed by atoms with Crippen LogP contribution in [0.4, 0.5) is 16.3 Å². The van der Waals surface area contributed by atoms with Crippen molar-refractivity contribution in [3.05, 3.63) is 42.2 Å². The summed E-state index contributed by atoms with van der Waals surface area (Å²) in [5.41, 5.74) is 2.52. The van der Waals surface area contributed by atoms with E-state index in [4.69, 9.17) is 28.8 Å². The average molecular weight is 527 g/mol. The van der Waals surface area contributed by atoms with Crippen LogP contribution in [-0.2, 0) is 9.47 Å². The van der Waals surface area contributed by atoms with Crippen molar-refractivity contribution in [2.75, 3.05) is 59.1 Å². The molecule has 0 bridgehead atoms. The molecular weight excluding hydrogens is 492 g/mol. The molecule has 0 saturated carbocycles. The maximum atomic E-state index is 11.1. The summed E-state index contributed by atoms with van der Waals surface area (Å²) in [5.74, 6) is 2.55. The SMILES string of the molecule is COCCOc1cc2ncnc(Nc3ccc(OC4CCN(C(=O)O)CC4)c(C)c3)c2cc1OCCOC. The van der Waals surface area contributed by atoms with Gasteiger partial charge in [-0.1, -0.05) is 0 Å². The largest absolute Gasteiger partial charge is 0.490 e. The number of methoxy groups -OCH3 is 2. The number of hydrogen-bond donors (Lipinski definition) is 2. The molecule has 1 amide bonds. The topological polar surface area (TPSA) is 125 Å². The molecule has 1 aliphatic heterocycles. The minimum atomic E-state index is -0.879. The Morgan fingerprint density at radius 2 is 1.66 bits per heavy atom. The minimum Gasteiger partial charge on any atom is -0.490 e. The molecule has 0 atom stereocenters. The van der Waals surface area contributed by atoms with Crippen LogP contribution in [0, 0.1) is 6.92 Å². The van der Waals surface area contributed by atoms with E-state index >= 15 is 0 Å². The molecule has 0 radical (unpaired) electrons. The van der Waals surface area contributed by atoms with E-state index in [1.165, 1.54) is 11.2 Å². The van der Waals surface area contributed by atoms with E-state index in [0.717, 1.165) is 22.4 Å². The fourth-order valence-electron chi connectivity index (χ4n) is 4.20. The van der Waals surface area contributed by atoms with Gasteiger partial charge in [0.25, 0.3) is 0 Å². The van der Waals surface area contributed by atoms with Gasteiger partial charge in [-0.2, -0.15) is 0 Å².